The smallest absolute Gasteiger partial charge is 0.314 e. The molecule has 1 unspecified atom stereocenters. The van der Waals surface area contributed by atoms with Gasteiger partial charge >= 0.3 is 6.03 Å². The number of rotatable bonds is 2. The summed E-state index contributed by atoms with van der Waals surface area (Å²) in [5.41, 5.74) is 0. The summed E-state index contributed by atoms with van der Waals surface area (Å²) in [6.07, 6.45) is 8.10. The second kappa shape index (κ2) is 5.96. The summed E-state index contributed by atoms with van der Waals surface area (Å²) in [4.78, 5) is 26.8. The Balaban J connectivity index is 1.77. The Labute approximate surface area is 120 Å². The molecule has 0 bridgehead atoms. The number of piperidine rings is 1. The minimum absolute atomic E-state index is 0.0510. The van der Waals surface area contributed by atoms with Gasteiger partial charge in [-0.25, -0.2) is 19.7 Å². The molecule has 2 aromatic rings. The molecule has 1 fully saturated rings. The maximum absolute atomic E-state index is 12.4. The van der Waals surface area contributed by atoms with Crippen molar-refractivity contribution in [1.29, 1.82) is 0 Å². The van der Waals surface area contributed by atoms with Crippen molar-refractivity contribution in [3.8, 4) is 0 Å². The zero-order valence-corrected chi connectivity index (χ0v) is 11.7. The Bertz CT molecular complexity index is 559. The molecule has 0 spiro atoms. The van der Waals surface area contributed by atoms with Crippen molar-refractivity contribution in [2.45, 2.75) is 25.3 Å². The van der Waals surface area contributed by atoms with Crippen LogP contribution < -0.4 is 5.32 Å². The largest absolute Gasteiger partial charge is 0.324 e. The molecule has 6 nitrogen and oxygen atoms in total. The topological polar surface area (TPSA) is 71.0 Å². The number of nitrogens with zero attached hydrogens (tertiary/aromatic N) is 4. The number of urea groups is 1. The first kappa shape index (κ1) is 13.0. The van der Waals surface area contributed by atoms with Gasteiger partial charge in [-0.1, -0.05) is 0 Å². The van der Waals surface area contributed by atoms with Crippen molar-refractivity contribution in [3.05, 3.63) is 35.9 Å². The molecule has 3 rings (SSSR count). The van der Waals surface area contributed by atoms with Crippen molar-refractivity contribution >= 4 is 22.5 Å². The van der Waals surface area contributed by atoms with E-state index in [1.807, 2.05) is 5.38 Å². The van der Waals surface area contributed by atoms with Gasteiger partial charge in [0.2, 0.25) is 0 Å². The van der Waals surface area contributed by atoms with Gasteiger partial charge in [-0.05, 0) is 25.3 Å². The van der Waals surface area contributed by atoms with E-state index in [9.17, 15) is 4.79 Å². The lowest BCUT2D eigenvalue weighted by molar-refractivity contribution is 0.159. The molecule has 1 aliphatic heterocycles. The first-order valence-corrected chi connectivity index (χ1v) is 7.46. The average Bonchev–Trinajstić information content (AvgIpc) is 3.01. The van der Waals surface area contributed by atoms with Crippen LogP contribution in [0.2, 0.25) is 0 Å². The maximum Gasteiger partial charge on any atom is 0.324 e. The summed E-state index contributed by atoms with van der Waals surface area (Å²) in [5.74, 6) is 0.710. The molecule has 1 saturated heterocycles. The number of amides is 2. The first-order valence-electron chi connectivity index (χ1n) is 6.58. The number of carbonyl (C=O) groups is 1. The van der Waals surface area contributed by atoms with Gasteiger partial charge in [0.25, 0.3) is 0 Å². The van der Waals surface area contributed by atoms with Crippen LogP contribution in [-0.2, 0) is 0 Å². The van der Waals surface area contributed by atoms with Crippen LogP contribution in [0.4, 0.5) is 9.93 Å². The molecular formula is C13H15N5OS. The van der Waals surface area contributed by atoms with E-state index in [-0.39, 0.29) is 12.1 Å². The molecule has 20 heavy (non-hydrogen) atoms. The van der Waals surface area contributed by atoms with Gasteiger partial charge in [0.05, 0.1) is 6.04 Å². The van der Waals surface area contributed by atoms with E-state index >= 15 is 0 Å². The second-order valence-corrected chi connectivity index (χ2v) is 5.47. The number of carbonyl (C=O) groups excluding carboxylic acids is 1. The fourth-order valence-corrected chi connectivity index (χ4v) is 2.89. The Morgan fingerprint density at radius 1 is 1.25 bits per heavy atom. The third-order valence-corrected chi connectivity index (χ3v) is 3.98. The SMILES string of the molecule is O=C(Nc1nccs1)N1CCCCC1c1ncccn1. The third-order valence-electron chi connectivity index (χ3n) is 3.29. The molecule has 1 N–H and O–H groups in total. The van der Waals surface area contributed by atoms with Gasteiger partial charge < -0.3 is 4.90 Å². The average molecular weight is 289 g/mol. The normalized spacial score (nSPS) is 18.8. The number of anilines is 1. The fourth-order valence-electron chi connectivity index (χ4n) is 2.37. The summed E-state index contributed by atoms with van der Waals surface area (Å²) in [7, 11) is 0. The molecule has 1 aliphatic rings. The molecule has 7 heteroatoms. The number of nitrogens with one attached hydrogen (secondary N) is 1. The van der Waals surface area contributed by atoms with Crippen molar-refractivity contribution in [2.24, 2.45) is 0 Å². The zero-order valence-electron chi connectivity index (χ0n) is 10.9. The van der Waals surface area contributed by atoms with Crippen molar-refractivity contribution in [3.63, 3.8) is 0 Å². The lowest BCUT2D eigenvalue weighted by atomic mass is 10.0. The fraction of sp³-hybridized carbons (Fsp3) is 0.385. The summed E-state index contributed by atoms with van der Waals surface area (Å²) >= 11 is 1.41. The predicted molar refractivity (Wildman–Crippen MR) is 76.5 cm³/mol. The molecule has 0 aromatic carbocycles. The summed E-state index contributed by atoms with van der Waals surface area (Å²) in [6.45, 7) is 0.722. The number of hydrogen-bond acceptors (Lipinski definition) is 5. The maximum atomic E-state index is 12.4. The van der Waals surface area contributed by atoms with Crippen molar-refractivity contribution in [1.82, 2.24) is 19.9 Å². The highest BCUT2D eigenvalue weighted by molar-refractivity contribution is 7.13. The standard InChI is InChI=1S/C13H15N5OS/c19-13(17-12-16-7-9-20-12)18-8-2-1-4-10(18)11-14-5-3-6-15-11/h3,5-7,9-10H,1-2,4,8H2,(H,16,17,19). The monoisotopic (exact) mass is 289 g/mol. The number of likely N-dealkylation sites (tertiary alicyclic amines) is 1. The van der Waals surface area contributed by atoms with Crippen LogP contribution in [0.3, 0.4) is 0 Å². The number of aromatic nitrogens is 3. The Morgan fingerprint density at radius 3 is 2.85 bits per heavy atom. The molecule has 2 aromatic heterocycles. The first-order chi connectivity index (χ1) is 9.84. The highest BCUT2D eigenvalue weighted by atomic mass is 32.1. The molecule has 0 saturated carbocycles. The predicted octanol–water partition coefficient (Wildman–Crippen LogP) is 2.69. The van der Waals surface area contributed by atoms with E-state index in [2.05, 4.69) is 20.3 Å². The Hall–Kier alpha value is -2.02. The molecule has 1 atom stereocenters. The number of hydrogen-bond donors (Lipinski definition) is 1. The van der Waals surface area contributed by atoms with Crippen molar-refractivity contribution in [2.75, 3.05) is 11.9 Å². The molecule has 104 valence electrons. The number of thiazole rings is 1. The second-order valence-electron chi connectivity index (χ2n) is 4.58. The van der Waals surface area contributed by atoms with Crippen LogP contribution in [-0.4, -0.2) is 32.4 Å². The third kappa shape index (κ3) is 2.77. The summed E-state index contributed by atoms with van der Waals surface area (Å²) in [6, 6.07) is 1.61. The highest BCUT2D eigenvalue weighted by Crippen LogP contribution is 2.29. The van der Waals surface area contributed by atoms with Crippen LogP contribution >= 0.6 is 11.3 Å². The molecule has 0 radical (unpaired) electrons. The lowest BCUT2D eigenvalue weighted by Gasteiger charge is -2.34. The van der Waals surface area contributed by atoms with E-state index in [4.69, 9.17) is 0 Å². The van der Waals surface area contributed by atoms with Crippen LogP contribution in [0.1, 0.15) is 31.1 Å². The van der Waals surface area contributed by atoms with Crippen LogP contribution in [0, 0.1) is 0 Å². The van der Waals surface area contributed by atoms with Crippen LogP contribution in [0.15, 0.2) is 30.0 Å². The molecule has 2 amide bonds. The summed E-state index contributed by atoms with van der Waals surface area (Å²) < 4.78 is 0. The quantitative estimate of drug-likeness (QED) is 0.922. The Kier molecular flexibility index (Phi) is 3.87. The van der Waals surface area contributed by atoms with Gasteiger partial charge in [0.1, 0.15) is 0 Å². The van der Waals surface area contributed by atoms with E-state index in [0.29, 0.717) is 11.0 Å². The lowest BCUT2D eigenvalue weighted by Crippen LogP contribution is -2.41. The summed E-state index contributed by atoms with van der Waals surface area (Å²) in [5, 5.41) is 5.29. The van der Waals surface area contributed by atoms with E-state index in [1.165, 1.54) is 11.3 Å². The van der Waals surface area contributed by atoms with Gasteiger partial charge in [-0.3, -0.25) is 5.32 Å². The van der Waals surface area contributed by atoms with Gasteiger partial charge in [0, 0.05) is 30.5 Å². The Morgan fingerprint density at radius 2 is 2.10 bits per heavy atom. The zero-order chi connectivity index (χ0) is 13.8. The molecule has 0 aliphatic carbocycles. The highest BCUT2D eigenvalue weighted by Gasteiger charge is 2.30. The van der Waals surface area contributed by atoms with E-state index in [0.717, 1.165) is 25.8 Å². The van der Waals surface area contributed by atoms with Gasteiger partial charge in [-0.15, -0.1) is 11.3 Å². The molecule has 3 heterocycles. The minimum Gasteiger partial charge on any atom is -0.314 e. The van der Waals surface area contributed by atoms with Crippen LogP contribution in [0.25, 0.3) is 0 Å². The molecular weight excluding hydrogens is 274 g/mol. The van der Waals surface area contributed by atoms with Gasteiger partial charge in [-0.2, -0.15) is 0 Å². The minimum atomic E-state index is -0.128. The van der Waals surface area contributed by atoms with E-state index in [1.54, 1.807) is 29.6 Å². The van der Waals surface area contributed by atoms with E-state index < -0.39 is 0 Å². The van der Waals surface area contributed by atoms with Gasteiger partial charge in [0.15, 0.2) is 11.0 Å². The van der Waals surface area contributed by atoms with Crippen LogP contribution in [0.5, 0.6) is 0 Å². The van der Waals surface area contributed by atoms with Crippen molar-refractivity contribution < 1.29 is 4.79 Å².